The van der Waals surface area contributed by atoms with Crippen LogP contribution >= 0.6 is 0 Å². The van der Waals surface area contributed by atoms with Crippen molar-refractivity contribution in [2.45, 2.75) is 4.90 Å². The summed E-state index contributed by atoms with van der Waals surface area (Å²) < 4.78 is 30.7. The number of nitrogens with two attached hydrogens (primary N) is 1. The lowest BCUT2D eigenvalue weighted by Gasteiger charge is -2.24. The monoisotopic (exact) mass is 320 g/mol. The molecule has 20 heavy (non-hydrogen) atoms. The van der Waals surface area contributed by atoms with E-state index in [9.17, 15) is 13.2 Å². The van der Waals surface area contributed by atoms with Crippen molar-refractivity contribution >= 4 is 16.0 Å². The van der Waals surface area contributed by atoms with Gasteiger partial charge in [-0.3, -0.25) is 0 Å². The van der Waals surface area contributed by atoms with Gasteiger partial charge in [-0.1, -0.05) is 0 Å². The van der Waals surface area contributed by atoms with Gasteiger partial charge in [0.05, 0.1) is 43.7 Å². The standard InChI is InChI=1S/C12H16N2O4S.ClH/c1-18-12(15)10-2-4-11(5-3-10)19(16,17)14-8-6-13-7-9-14;/h2-5,13H,6-9H2,1H3;1H. The van der Waals surface area contributed by atoms with Crippen LogP contribution in [0.2, 0.25) is 0 Å². The predicted molar refractivity (Wildman–Crippen MR) is 68.2 cm³/mol. The number of piperazine rings is 1. The zero-order valence-electron chi connectivity index (χ0n) is 11.1. The zero-order valence-corrected chi connectivity index (χ0v) is 12.7. The number of methoxy groups -OCH3 is 1. The van der Waals surface area contributed by atoms with E-state index >= 15 is 0 Å². The second kappa shape index (κ2) is 7.03. The zero-order chi connectivity index (χ0) is 13.9. The molecule has 1 aromatic rings. The van der Waals surface area contributed by atoms with Crippen LogP contribution in [0.1, 0.15) is 10.4 Å². The van der Waals surface area contributed by atoms with E-state index in [0.717, 1.165) is 13.1 Å². The molecule has 2 rings (SSSR count). The molecule has 1 saturated heterocycles. The van der Waals surface area contributed by atoms with Gasteiger partial charge in [-0.15, -0.1) is 0 Å². The molecule has 0 saturated carbocycles. The molecular formula is C12H17ClN2O4S. The Balaban J connectivity index is 0.00000200. The van der Waals surface area contributed by atoms with E-state index < -0.39 is 16.0 Å². The van der Waals surface area contributed by atoms with E-state index in [0.29, 0.717) is 18.7 Å². The van der Waals surface area contributed by atoms with Crippen molar-refractivity contribution in [3.63, 3.8) is 0 Å². The fraction of sp³-hybridized carbons (Fsp3) is 0.417. The maximum atomic E-state index is 12.3. The van der Waals surface area contributed by atoms with E-state index in [-0.39, 0.29) is 17.3 Å². The maximum Gasteiger partial charge on any atom is 0.337 e. The van der Waals surface area contributed by atoms with Gasteiger partial charge >= 0.3 is 5.97 Å². The first-order valence-electron chi connectivity index (χ1n) is 6.06. The van der Waals surface area contributed by atoms with Gasteiger partial charge in [0, 0.05) is 0 Å². The molecule has 8 heteroatoms. The van der Waals surface area contributed by atoms with E-state index in [1.807, 2.05) is 0 Å². The second-order valence-electron chi connectivity index (χ2n) is 4.29. The van der Waals surface area contributed by atoms with E-state index in [1.54, 1.807) is 0 Å². The van der Waals surface area contributed by atoms with Gasteiger partial charge in [-0.2, -0.15) is 4.31 Å². The number of rotatable bonds is 3. The van der Waals surface area contributed by atoms with Crippen LogP contribution < -0.4 is 17.7 Å². The minimum Gasteiger partial charge on any atom is -1.00 e. The number of quaternary nitrogens is 1. The van der Waals surface area contributed by atoms with Gasteiger partial charge in [0.1, 0.15) is 0 Å². The molecule has 0 bridgehead atoms. The third kappa shape index (κ3) is 3.49. The summed E-state index contributed by atoms with van der Waals surface area (Å²) in [5, 5.41) is 2.09. The first kappa shape index (κ1) is 16.9. The summed E-state index contributed by atoms with van der Waals surface area (Å²) in [5.74, 6) is -0.475. The molecule has 0 aromatic heterocycles. The van der Waals surface area contributed by atoms with Gasteiger partial charge in [0.25, 0.3) is 0 Å². The van der Waals surface area contributed by atoms with Crippen molar-refractivity contribution in [2.24, 2.45) is 0 Å². The van der Waals surface area contributed by atoms with Crippen molar-refractivity contribution < 1.29 is 35.7 Å². The quantitative estimate of drug-likeness (QED) is 0.577. The van der Waals surface area contributed by atoms with E-state index in [2.05, 4.69) is 10.1 Å². The Morgan fingerprint density at radius 3 is 2.25 bits per heavy atom. The molecule has 0 radical (unpaired) electrons. The number of hydrogen-bond acceptors (Lipinski definition) is 4. The van der Waals surface area contributed by atoms with Crippen molar-refractivity contribution in [3.05, 3.63) is 29.8 Å². The van der Waals surface area contributed by atoms with Crippen LogP contribution in [0.5, 0.6) is 0 Å². The molecule has 0 unspecified atom stereocenters. The predicted octanol–water partition coefficient (Wildman–Crippen LogP) is -3.96. The largest absolute Gasteiger partial charge is 1.00 e. The lowest BCUT2D eigenvalue weighted by Crippen LogP contribution is -3.00. The first-order valence-corrected chi connectivity index (χ1v) is 7.50. The third-order valence-corrected chi connectivity index (χ3v) is 4.99. The van der Waals surface area contributed by atoms with Crippen LogP contribution in [0.4, 0.5) is 0 Å². The number of carbonyl (C=O) groups excluding carboxylic acids is 1. The number of hydrogen-bond donors (Lipinski definition) is 1. The number of benzene rings is 1. The molecule has 0 aliphatic carbocycles. The number of carbonyl (C=O) groups is 1. The lowest BCUT2D eigenvalue weighted by atomic mass is 10.2. The van der Waals surface area contributed by atoms with Crippen molar-refractivity contribution in [1.29, 1.82) is 0 Å². The molecule has 2 N–H and O–H groups in total. The smallest absolute Gasteiger partial charge is 0.337 e. The molecule has 112 valence electrons. The van der Waals surface area contributed by atoms with Crippen LogP contribution in [-0.4, -0.2) is 52.0 Å². The van der Waals surface area contributed by atoms with Crippen LogP contribution in [-0.2, 0) is 14.8 Å². The Kier molecular flexibility index (Phi) is 5.94. The van der Waals surface area contributed by atoms with E-state index in [1.165, 1.54) is 35.7 Å². The maximum absolute atomic E-state index is 12.3. The highest BCUT2D eigenvalue weighted by molar-refractivity contribution is 7.89. The Morgan fingerprint density at radius 1 is 1.20 bits per heavy atom. The molecule has 1 aliphatic rings. The van der Waals surface area contributed by atoms with Crippen molar-refractivity contribution in [1.82, 2.24) is 4.31 Å². The molecule has 1 fully saturated rings. The number of esters is 1. The topological polar surface area (TPSA) is 80.3 Å². The molecule has 0 amide bonds. The highest BCUT2D eigenvalue weighted by Crippen LogP contribution is 2.16. The van der Waals surface area contributed by atoms with Crippen molar-refractivity contribution in [3.8, 4) is 0 Å². The second-order valence-corrected chi connectivity index (χ2v) is 6.22. The number of nitrogens with zero attached hydrogens (tertiary/aromatic N) is 1. The van der Waals surface area contributed by atoms with Crippen LogP contribution in [0.3, 0.4) is 0 Å². The summed E-state index contributed by atoms with van der Waals surface area (Å²) in [4.78, 5) is 11.5. The normalized spacial score (nSPS) is 16.2. The van der Waals surface area contributed by atoms with Gasteiger partial charge in [-0.05, 0) is 24.3 Å². The van der Waals surface area contributed by atoms with Crippen LogP contribution in [0, 0.1) is 0 Å². The average Bonchev–Trinajstić information content (AvgIpc) is 2.47. The van der Waals surface area contributed by atoms with Gasteiger partial charge < -0.3 is 22.5 Å². The lowest BCUT2D eigenvalue weighted by molar-refractivity contribution is -0.661. The molecule has 1 aromatic carbocycles. The average molecular weight is 321 g/mol. The highest BCUT2D eigenvalue weighted by atomic mass is 35.5. The fourth-order valence-electron chi connectivity index (χ4n) is 2.00. The molecule has 6 nitrogen and oxygen atoms in total. The minimum absolute atomic E-state index is 0. The minimum atomic E-state index is -3.45. The third-order valence-electron chi connectivity index (χ3n) is 3.08. The number of ether oxygens (including phenoxy) is 1. The first-order chi connectivity index (χ1) is 9.05. The number of sulfonamides is 1. The SMILES string of the molecule is COC(=O)c1ccc(S(=O)(=O)N2CC[NH2+]CC2)cc1.[Cl-]. The molecule has 0 atom stereocenters. The van der Waals surface area contributed by atoms with Gasteiger partial charge in [0.2, 0.25) is 10.0 Å². The summed E-state index contributed by atoms with van der Waals surface area (Å²) in [6, 6.07) is 5.82. The Labute approximate surface area is 124 Å². The molecule has 1 heterocycles. The van der Waals surface area contributed by atoms with Gasteiger partial charge in [0.15, 0.2) is 0 Å². The van der Waals surface area contributed by atoms with Crippen LogP contribution in [0.25, 0.3) is 0 Å². The fourth-order valence-corrected chi connectivity index (χ4v) is 3.47. The summed E-state index contributed by atoms with van der Waals surface area (Å²) in [7, 11) is -2.16. The summed E-state index contributed by atoms with van der Waals surface area (Å²) in [6.45, 7) is 2.58. The summed E-state index contributed by atoms with van der Waals surface area (Å²) in [6.07, 6.45) is 0. The Hall–Kier alpha value is -1.15. The molecule has 1 aliphatic heterocycles. The molecule has 0 spiro atoms. The highest BCUT2D eigenvalue weighted by Gasteiger charge is 2.27. The van der Waals surface area contributed by atoms with Crippen molar-refractivity contribution in [2.75, 3.05) is 33.3 Å². The Bertz CT molecular complexity index is 553. The van der Waals surface area contributed by atoms with Gasteiger partial charge in [-0.25, -0.2) is 13.2 Å². The Morgan fingerprint density at radius 2 is 1.75 bits per heavy atom. The molecular weight excluding hydrogens is 304 g/mol. The summed E-state index contributed by atoms with van der Waals surface area (Å²) >= 11 is 0. The summed E-state index contributed by atoms with van der Waals surface area (Å²) in [5.41, 5.74) is 0.341. The number of halogens is 1. The van der Waals surface area contributed by atoms with Crippen LogP contribution in [0.15, 0.2) is 29.2 Å². The van der Waals surface area contributed by atoms with E-state index in [4.69, 9.17) is 0 Å².